The highest BCUT2D eigenvalue weighted by atomic mass is 16.5. The van der Waals surface area contributed by atoms with Gasteiger partial charge in [-0.05, 0) is 85.2 Å². The molecule has 3 heterocycles. The Hall–Kier alpha value is -2.92. The van der Waals surface area contributed by atoms with Crippen molar-refractivity contribution in [2.45, 2.75) is 45.8 Å². The molecule has 0 spiro atoms. The maximum Gasteiger partial charge on any atom is 0.254 e. The molecule has 0 N–H and O–H groups in total. The Morgan fingerprint density at radius 2 is 2.00 bits per heavy atom. The van der Waals surface area contributed by atoms with Gasteiger partial charge in [0.2, 0.25) is 0 Å². The first-order valence-electron chi connectivity index (χ1n) is 10.7. The Kier molecular flexibility index (Phi) is 4.91. The van der Waals surface area contributed by atoms with E-state index >= 15 is 0 Å². The molecule has 5 nitrogen and oxygen atoms in total. The minimum Gasteiger partial charge on any atom is -0.376 e. The van der Waals surface area contributed by atoms with E-state index in [1.165, 1.54) is 27.8 Å². The van der Waals surface area contributed by atoms with Gasteiger partial charge < -0.3 is 9.64 Å². The van der Waals surface area contributed by atoms with E-state index in [0.717, 1.165) is 37.1 Å². The average molecular weight is 402 g/mol. The third-order valence-corrected chi connectivity index (χ3v) is 6.55. The van der Waals surface area contributed by atoms with E-state index in [1.807, 2.05) is 21.8 Å². The number of hydrogen-bond acceptors (Lipinski definition) is 3. The maximum absolute atomic E-state index is 13.1. The molecular weight excluding hydrogens is 374 g/mol. The van der Waals surface area contributed by atoms with Crippen LogP contribution < -0.4 is 0 Å². The highest BCUT2D eigenvalue weighted by Crippen LogP contribution is 2.32. The minimum atomic E-state index is 0.152. The van der Waals surface area contributed by atoms with Gasteiger partial charge in [-0.1, -0.05) is 12.1 Å². The van der Waals surface area contributed by atoms with Crippen molar-refractivity contribution >= 4 is 5.91 Å². The van der Waals surface area contributed by atoms with Crippen molar-refractivity contribution in [3.8, 4) is 5.69 Å². The van der Waals surface area contributed by atoms with Gasteiger partial charge >= 0.3 is 0 Å². The highest BCUT2D eigenvalue weighted by molar-refractivity contribution is 5.99. The average Bonchev–Trinajstić information content (AvgIpc) is 3.51. The molecule has 0 bridgehead atoms. The van der Waals surface area contributed by atoms with Gasteiger partial charge in [-0.2, -0.15) is 5.10 Å². The summed E-state index contributed by atoms with van der Waals surface area (Å²) < 4.78 is 7.61. The fraction of sp³-hybridized carbons (Fsp3) is 0.360. The molecule has 3 aromatic rings. The van der Waals surface area contributed by atoms with Gasteiger partial charge in [-0.15, -0.1) is 0 Å². The predicted molar refractivity (Wildman–Crippen MR) is 116 cm³/mol. The van der Waals surface area contributed by atoms with E-state index < -0.39 is 0 Å². The van der Waals surface area contributed by atoms with Crippen LogP contribution in [0.3, 0.4) is 0 Å². The van der Waals surface area contributed by atoms with Crippen LogP contribution in [0.1, 0.15) is 51.0 Å². The number of nitrogens with zero attached hydrogens (tertiary/aromatic N) is 3. The third-order valence-electron chi connectivity index (χ3n) is 6.55. The monoisotopic (exact) mass is 401 g/mol. The first kappa shape index (κ1) is 19.1. The summed E-state index contributed by atoms with van der Waals surface area (Å²) in [5.41, 5.74) is 8.11. The van der Waals surface area contributed by atoms with Crippen LogP contribution in [-0.4, -0.2) is 39.8 Å². The summed E-state index contributed by atoms with van der Waals surface area (Å²) in [6.45, 7) is 6.56. The molecule has 1 amide bonds. The maximum atomic E-state index is 13.1. The van der Waals surface area contributed by atoms with Gasteiger partial charge in [-0.3, -0.25) is 4.79 Å². The molecular formula is C25H27N3O2. The Morgan fingerprint density at radius 3 is 2.70 bits per heavy atom. The predicted octanol–water partition coefficient (Wildman–Crippen LogP) is 4.21. The van der Waals surface area contributed by atoms with Gasteiger partial charge in [0.15, 0.2) is 0 Å². The second-order valence-corrected chi connectivity index (χ2v) is 8.43. The van der Waals surface area contributed by atoms with Crippen molar-refractivity contribution in [1.82, 2.24) is 14.7 Å². The van der Waals surface area contributed by atoms with Crippen LogP contribution in [0, 0.1) is 13.8 Å². The Bertz CT molecular complexity index is 1060. The number of rotatable bonds is 5. The second kappa shape index (κ2) is 7.73. The Morgan fingerprint density at radius 1 is 1.17 bits per heavy atom. The molecule has 0 saturated carbocycles. The van der Waals surface area contributed by atoms with E-state index in [9.17, 15) is 4.79 Å². The summed E-state index contributed by atoms with van der Waals surface area (Å²) in [5.74, 6) is 0.152. The summed E-state index contributed by atoms with van der Waals surface area (Å²) in [6, 6.07) is 12.5. The van der Waals surface area contributed by atoms with Crippen LogP contribution in [0.5, 0.6) is 0 Å². The topological polar surface area (TPSA) is 47.4 Å². The fourth-order valence-electron chi connectivity index (χ4n) is 4.64. The molecule has 2 aliphatic rings. The Balaban J connectivity index is 1.38. The number of carbonyl (C=O) groups is 1. The van der Waals surface area contributed by atoms with E-state index in [1.54, 1.807) is 6.20 Å². The van der Waals surface area contributed by atoms with Crippen LogP contribution in [0.2, 0.25) is 0 Å². The lowest BCUT2D eigenvalue weighted by Gasteiger charge is -2.19. The molecule has 0 radical (unpaired) electrons. The molecule has 154 valence electrons. The van der Waals surface area contributed by atoms with Gasteiger partial charge in [0.25, 0.3) is 5.91 Å². The smallest absolute Gasteiger partial charge is 0.254 e. The molecule has 1 atom stereocenters. The lowest BCUT2D eigenvalue weighted by atomic mass is 9.91. The van der Waals surface area contributed by atoms with Crippen molar-refractivity contribution in [3.05, 3.63) is 82.2 Å². The number of ether oxygens (including phenoxy) is 1. The summed E-state index contributed by atoms with van der Waals surface area (Å²) in [7, 11) is 0. The summed E-state index contributed by atoms with van der Waals surface area (Å²) in [6.07, 6.45) is 6.88. The molecule has 1 aromatic heterocycles. The first-order valence-corrected chi connectivity index (χ1v) is 10.7. The lowest BCUT2D eigenvalue weighted by Crippen LogP contribution is -2.32. The van der Waals surface area contributed by atoms with Crippen molar-refractivity contribution in [2.24, 2.45) is 0 Å². The molecule has 30 heavy (non-hydrogen) atoms. The summed E-state index contributed by atoms with van der Waals surface area (Å²) >= 11 is 0. The Labute approximate surface area is 177 Å². The van der Waals surface area contributed by atoms with Crippen molar-refractivity contribution in [1.29, 1.82) is 0 Å². The zero-order chi connectivity index (χ0) is 20.7. The van der Waals surface area contributed by atoms with Crippen molar-refractivity contribution < 1.29 is 9.53 Å². The van der Waals surface area contributed by atoms with E-state index in [0.29, 0.717) is 13.1 Å². The molecule has 2 aromatic carbocycles. The van der Waals surface area contributed by atoms with E-state index in [4.69, 9.17) is 4.74 Å². The molecule has 2 aliphatic heterocycles. The SMILES string of the molecule is Cc1c(Cc2ccc(-n3cccn3)cc2)cc2c(c1C)CN(CC1CCCO1)C2=O. The first-order chi connectivity index (χ1) is 14.6. The molecule has 0 aliphatic carbocycles. The number of benzene rings is 2. The molecule has 1 unspecified atom stereocenters. The van der Waals surface area contributed by atoms with Gasteiger partial charge in [0, 0.05) is 37.7 Å². The van der Waals surface area contributed by atoms with Gasteiger partial charge in [-0.25, -0.2) is 4.68 Å². The quantitative estimate of drug-likeness (QED) is 0.643. The zero-order valence-electron chi connectivity index (χ0n) is 17.6. The van der Waals surface area contributed by atoms with E-state index in [-0.39, 0.29) is 12.0 Å². The highest BCUT2D eigenvalue weighted by Gasteiger charge is 2.32. The van der Waals surface area contributed by atoms with Crippen LogP contribution in [0.25, 0.3) is 5.69 Å². The second-order valence-electron chi connectivity index (χ2n) is 8.43. The van der Waals surface area contributed by atoms with Crippen LogP contribution >= 0.6 is 0 Å². The molecule has 5 heteroatoms. The number of hydrogen-bond donors (Lipinski definition) is 0. The van der Waals surface area contributed by atoms with Crippen LogP contribution in [0.15, 0.2) is 48.8 Å². The van der Waals surface area contributed by atoms with E-state index in [2.05, 4.69) is 49.3 Å². The van der Waals surface area contributed by atoms with Crippen molar-refractivity contribution in [2.75, 3.05) is 13.2 Å². The number of fused-ring (bicyclic) bond motifs is 1. The van der Waals surface area contributed by atoms with Crippen LogP contribution in [-0.2, 0) is 17.7 Å². The lowest BCUT2D eigenvalue weighted by molar-refractivity contribution is 0.0545. The zero-order valence-corrected chi connectivity index (χ0v) is 17.6. The standard InChI is InChI=1S/C25H27N3O2/c1-17-18(2)24-16-27(15-22-5-3-12-30-22)25(29)23(24)14-20(17)13-19-6-8-21(9-7-19)28-11-4-10-26-28/h4,6-11,14,22H,3,5,12-13,15-16H2,1-2H3. The summed E-state index contributed by atoms with van der Waals surface area (Å²) in [4.78, 5) is 15.1. The van der Waals surface area contributed by atoms with Crippen molar-refractivity contribution in [3.63, 3.8) is 0 Å². The normalized spacial score (nSPS) is 18.3. The largest absolute Gasteiger partial charge is 0.376 e. The molecule has 1 fully saturated rings. The van der Waals surface area contributed by atoms with Gasteiger partial charge in [0.1, 0.15) is 0 Å². The number of aromatic nitrogens is 2. The molecule has 1 saturated heterocycles. The summed E-state index contributed by atoms with van der Waals surface area (Å²) in [5, 5.41) is 4.28. The minimum absolute atomic E-state index is 0.152. The number of carbonyl (C=O) groups excluding carboxylic acids is 1. The van der Waals surface area contributed by atoms with Gasteiger partial charge in [0.05, 0.1) is 11.8 Å². The third kappa shape index (κ3) is 3.43. The van der Waals surface area contributed by atoms with Crippen LogP contribution in [0.4, 0.5) is 0 Å². The number of amides is 1. The molecule has 5 rings (SSSR count). The fourth-order valence-corrected chi connectivity index (χ4v) is 4.64.